The zero-order valence-corrected chi connectivity index (χ0v) is 12.8. The molecule has 0 aromatic carbocycles. The van der Waals surface area contributed by atoms with Crippen LogP contribution in [0.4, 0.5) is 0 Å². The minimum atomic E-state index is 0.275. The summed E-state index contributed by atoms with van der Waals surface area (Å²) in [5.74, 6) is 1.81. The molecule has 4 bridgehead atoms. The normalized spacial score (nSPS) is 49.1. The Morgan fingerprint density at radius 2 is 1.90 bits per heavy atom. The first kappa shape index (κ1) is 12.9. The van der Waals surface area contributed by atoms with E-state index < -0.39 is 0 Å². The highest BCUT2D eigenvalue weighted by Gasteiger charge is 2.60. The highest BCUT2D eigenvalue weighted by atomic mass is 16.5. The summed E-state index contributed by atoms with van der Waals surface area (Å²) in [6, 6.07) is 0. The van der Waals surface area contributed by atoms with Crippen molar-refractivity contribution in [1.82, 2.24) is 0 Å². The topological polar surface area (TPSA) is 26.3 Å². The highest BCUT2D eigenvalue weighted by Crippen LogP contribution is 2.70. The maximum Gasteiger partial charge on any atom is 0.197 e. The monoisotopic (exact) mass is 274 g/mol. The van der Waals surface area contributed by atoms with Crippen molar-refractivity contribution >= 4 is 5.78 Å². The molecule has 5 aliphatic rings. The minimum Gasteiger partial charge on any atom is -0.490 e. The van der Waals surface area contributed by atoms with Crippen molar-refractivity contribution in [2.45, 2.75) is 65.2 Å². The van der Waals surface area contributed by atoms with Crippen LogP contribution in [0.3, 0.4) is 0 Å². The van der Waals surface area contributed by atoms with Crippen LogP contribution in [0, 0.1) is 22.2 Å². The summed E-state index contributed by atoms with van der Waals surface area (Å²) in [6.07, 6.45) is 11.6. The van der Waals surface area contributed by atoms with Crippen LogP contribution in [-0.4, -0.2) is 12.4 Å². The van der Waals surface area contributed by atoms with E-state index >= 15 is 0 Å². The molecule has 5 rings (SSSR count). The fraction of sp³-hybridized carbons (Fsp3) is 0.833. The number of ketones is 1. The van der Waals surface area contributed by atoms with Gasteiger partial charge in [-0.3, -0.25) is 4.79 Å². The molecule has 0 spiro atoms. The number of rotatable bonds is 3. The fourth-order valence-corrected chi connectivity index (χ4v) is 6.92. The van der Waals surface area contributed by atoms with Gasteiger partial charge in [-0.2, -0.15) is 0 Å². The van der Waals surface area contributed by atoms with Crippen LogP contribution in [0.1, 0.15) is 65.2 Å². The lowest BCUT2D eigenvalue weighted by Crippen LogP contribution is -2.55. The number of hydrogen-bond acceptors (Lipinski definition) is 2. The molecule has 110 valence electrons. The molecule has 2 nitrogen and oxygen atoms in total. The summed E-state index contributed by atoms with van der Waals surface area (Å²) >= 11 is 0. The van der Waals surface area contributed by atoms with Crippen molar-refractivity contribution < 1.29 is 9.53 Å². The van der Waals surface area contributed by atoms with Gasteiger partial charge in [0.2, 0.25) is 0 Å². The number of carbonyl (C=O) groups excluding carboxylic acids is 1. The zero-order valence-electron chi connectivity index (χ0n) is 12.8. The van der Waals surface area contributed by atoms with Gasteiger partial charge in [0.25, 0.3) is 0 Å². The molecule has 4 aliphatic carbocycles. The third kappa shape index (κ3) is 1.95. The van der Waals surface area contributed by atoms with Crippen LogP contribution < -0.4 is 0 Å². The molecule has 0 amide bonds. The van der Waals surface area contributed by atoms with Crippen LogP contribution in [0.25, 0.3) is 0 Å². The van der Waals surface area contributed by atoms with E-state index in [-0.39, 0.29) is 11.2 Å². The maximum atomic E-state index is 12.5. The number of Topliss-reactive ketones (excluding diaryl/α,β-unsaturated/α-hetero) is 1. The van der Waals surface area contributed by atoms with E-state index in [0.717, 1.165) is 18.8 Å². The predicted octanol–water partition coefficient (Wildman–Crippen LogP) is 4.25. The fourth-order valence-electron chi connectivity index (χ4n) is 6.92. The second-order valence-corrected chi connectivity index (χ2v) is 8.94. The van der Waals surface area contributed by atoms with Crippen molar-refractivity contribution in [3.8, 4) is 0 Å². The molecule has 0 aromatic heterocycles. The van der Waals surface area contributed by atoms with Crippen LogP contribution in [0.15, 0.2) is 11.8 Å². The van der Waals surface area contributed by atoms with Gasteiger partial charge in [-0.25, -0.2) is 0 Å². The average Bonchev–Trinajstić information content (AvgIpc) is 2.75. The van der Waals surface area contributed by atoms with E-state index in [0.29, 0.717) is 23.2 Å². The Hall–Kier alpha value is -0.790. The van der Waals surface area contributed by atoms with Crippen molar-refractivity contribution in [3.63, 3.8) is 0 Å². The third-order valence-electron chi connectivity index (χ3n) is 6.26. The quantitative estimate of drug-likeness (QED) is 0.769. The Labute approximate surface area is 122 Å². The van der Waals surface area contributed by atoms with Gasteiger partial charge in [-0.15, -0.1) is 0 Å². The largest absolute Gasteiger partial charge is 0.490 e. The molecule has 0 N–H and O–H groups in total. The summed E-state index contributed by atoms with van der Waals surface area (Å²) in [5.41, 5.74) is 1.28. The lowest BCUT2D eigenvalue weighted by molar-refractivity contribution is -0.154. The molecule has 2 unspecified atom stereocenters. The van der Waals surface area contributed by atoms with E-state index in [2.05, 4.69) is 13.8 Å². The summed E-state index contributed by atoms with van der Waals surface area (Å²) in [7, 11) is 0. The molecular formula is C18H26O2. The van der Waals surface area contributed by atoms with E-state index in [4.69, 9.17) is 4.74 Å². The van der Waals surface area contributed by atoms with Crippen LogP contribution >= 0.6 is 0 Å². The molecular weight excluding hydrogens is 248 g/mol. The van der Waals surface area contributed by atoms with E-state index in [9.17, 15) is 4.79 Å². The van der Waals surface area contributed by atoms with Gasteiger partial charge in [0.05, 0.1) is 6.61 Å². The van der Waals surface area contributed by atoms with Crippen molar-refractivity contribution in [1.29, 1.82) is 0 Å². The molecule has 1 aliphatic heterocycles. The van der Waals surface area contributed by atoms with E-state index in [1.165, 1.54) is 38.5 Å². The molecule has 2 heteroatoms. The predicted molar refractivity (Wildman–Crippen MR) is 78.1 cm³/mol. The minimum absolute atomic E-state index is 0.275. The first-order valence-corrected chi connectivity index (χ1v) is 8.26. The van der Waals surface area contributed by atoms with Crippen LogP contribution in [0.5, 0.6) is 0 Å². The third-order valence-corrected chi connectivity index (χ3v) is 6.26. The number of ether oxygens (including phenoxy) is 1. The Morgan fingerprint density at radius 1 is 1.20 bits per heavy atom. The first-order chi connectivity index (χ1) is 9.40. The van der Waals surface area contributed by atoms with Crippen molar-refractivity contribution in [2.75, 3.05) is 6.61 Å². The van der Waals surface area contributed by atoms with Gasteiger partial charge in [-0.05, 0) is 66.8 Å². The smallest absolute Gasteiger partial charge is 0.197 e. The van der Waals surface area contributed by atoms with Crippen LogP contribution in [-0.2, 0) is 9.53 Å². The standard InChI is InChI=1S/C18H26O2/c1-16-6-13-7-17(2,10-16)12-18(8-13,11-16)9-14(19)15-4-3-5-20-15/h4,13H,3,5-12H2,1-2H3. The molecule has 0 saturated heterocycles. The van der Waals surface area contributed by atoms with Crippen molar-refractivity contribution in [2.24, 2.45) is 22.2 Å². The lowest BCUT2D eigenvalue weighted by Gasteiger charge is -2.65. The Kier molecular flexibility index (Phi) is 2.52. The van der Waals surface area contributed by atoms with Gasteiger partial charge in [0.15, 0.2) is 11.5 Å². The Morgan fingerprint density at radius 3 is 2.45 bits per heavy atom. The van der Waals surface area contributed by atoms with E-state index in [1.54, 1.807) is 0 Å². The molecule has 0 aromatic rings. The SMILES string of the molecule is CC12CC3CC(C)(C1)CC(CC(=O)C1=CCCO1)(C3)C2. The second kappa shape index (κ2) is 3.90. The lowest BCUT2D eigenvalue weighted by atomic mass is 9.39. The van der Waals surface area contributed by atoms with Gasteiger partial charge < -0.3 is 4.74 Å². The Bertz CT molecular complexity index is 472. The number of allylic oxidation sites excluding steroid dienone is 1. The molecule has 1 heterocycles. The molecule has 4 saturated carbocycles. The van der Waals surface area contributed by atoms with Gasteiger partial charge in [0, 0.05) is 12.8 Å². The molecule has 0 radical (unpaired) electrons. The second-order valence-electron chi connectivity index (χ2n) is 8.94. The Balaban J connectivity index is 1.59. The number of hydrogen-bond donors (Lipinski definition) is 0. The van der Waals surface area contributed by atoms with Gasteiger partial charge in [-0.1, -0.05) is 13.8 Å². The first-order valence-electron chi connectivity index (χ1n) is 8.26. The summed E-state index contributed by atoms with van der Waals surface area (Å²) in [5, 5.41) is 0. The average molecular weight is 274 g/mol. The molecule has 20 heavy (non-hydrogen) atoms. The molecule has 2 atom stereocenters. The van der Waals surface area contributed by atoms with Crippen molar-refractivity contribution in [3.05, 3.63) is 11.8 Å². The summed E-state index contributed by atoms with van der Waals surface area (Å²) in [6.45, 7) is 5.65. The molecule has 4 fully saturated rings. The summed E-state index contributed by atoms with van der Waals surface area (Å²) < 4.78 is 5.49. The number of carbonyl (C=O) groups is 1. The van der Waals surface area contributed by atoms with Crippen LogP contribution in [0.2, 0.25) is 0 Å². The maximum absolute atomic E-state index is 12.5. The van der Waals surface area contributed by atoms with E-state index in [1.807, 2.05) is 6.08 Å². The van der Waals surface area contributed by atoms with Gasteiger partial charge in [0.1, 0.15) is 0 Å². The summed E-state index contributed by atoms with van der Waals surface area (Å²) in [4.78, 5) is 12.5. The highest BCUT2D eigenvalue weighted by molar-refractivity contribution is 5.94. The zero-order chi connectivity index (χ0) is 14.0. The van der Waals surface area contributed by atoms with Gasteiger partial charge >= 0.3 is 0 Å².